The molecule has 0 radical (unpaired) electrons. The van der Waals surface area contributed by atoms with E-state index in [0.29, 0.717) is 6.54 Å². The summed E-state index contributed by atoms with van der Waals surface area (Å²) in [6.45, 7) is 0.934. The molecule has 0 heterocycles. The lowest BCUT2D eigenvalue weighted by atomic mass is 10.3. The fourth-order valence-electron chi connectivity index (χ4n) is 2.33. The molecule has 8 heteroatoms. The van der Waals surface area contributed by atoms with Crippen LogP contribution in [0, 0.1) is 11.6 Å². The van der Waals surface area contributed by atoms with Gasteiger partial charge in [0, 0.05) is 37.6 Å². The lowest BCUT2D eigenvalue weighted by Gasteiger charge is -2.19. The van der Waals surface area contributed by atoms with Gasteiger partial charge in [0.25, 0.3) is 0 Å². The zero-order chi connectivity index (χ0) is 19.6. The van der Waals surface area contributed by atoms with Crippen molar-refractivity contribution in [3.63, 3.8) is 0 Å². The maximum absolute atomic E-state index is 13.1. The Morgan fingerprint density at radius 3 is 2.44 bits per heavy atom. The van der Waals surface area contributed by atoms with Gasteiger partial charge >= 0.3 is 6.03 Å². The highest BCUT2D eigenvalue weighted by Gasteiger charge is 2.08. The Kier molecular flexibility index (Phi) is 7.54. The van der Waals surface area contributed by atoms with Crippen LogP contribution < -0.4 is 20.9 Å². The van der Waals surface area contributed by atoms with Crippen LogP contribution in [0.2, 0.25) is 0 Å². The third-order valence-corrected chi connectivity index (χ3v) is 3.77. The Balaban J connectivity index is 1.61. The molecule has 0 aromatic heterocycles. The van der Waals surface area contributed by atoms with Crippen LogP contribution in [-0.4, -0.2) is 38.6 Å². The summed E-state index contributed by atoms with van der Waals surface area (Å²) in [5.41, 5.74) is 1.21. The van der Waals surface area contributed by atoms with E-state index in [1.807, 2.05) is 37.4 Å². The van der Waals surface area contributed by atoms with Crippen molar-refractivity contribution < 1.29 is 18.4 Å². The molecular weight excluding hydrogens is 354 g/mol. The highest BCUT2D eigenvalue weighted by molar-refractivity contribution is 5.94. The first-order valence-electron chi connectivity index (χ1n) is 8.48. The first-order chi connectivity index (χ1) is 13.0. The third kappa shape index (κ3) is 6.93. The second kappa shape index (κ2) is 10.1. The average Bonchev–Trinajstić information content (AvgIpc) is 2.67. The molecule has 3 amide bonds. The van der Waals surface area contributed by atoms with Crippen molar-refractivity contribution in [2.75, 3.05) is 36.9 Å². The van der Waals surface area contributed by atoms with Crippen LogP contribution in [0.25, 0.3) is 0 Å². The SMILES string of the molecule is CN(CCCNC(=O)NCC(=O)Nc1ccc(F)c(F)c1)c1ccccc1. The van der Waals surface area contributed by atoms with Gasteiger partial charge in [-0.1, -0.05) is 18.2 Å². The number of halogens is 2. The van der Waals surface area contributed by atoms with Gasteiger partial charge in [-0.05, 0) is 30.7 Å². The zero-order valence-corrected chi connectivity index (χ0v) is 15.0. The summed E-state index contributed by atoms with van der Waals surface area (Å²) in [6, 6.07) is 12.4. The molecule has 27 heavy (non-hydrogen) atoms. The molecular formula is C19H22F2N4O2. The van der Waals surface area contributed by atoms with Gasteiger partial charge in [0.1, 0.15) is 0 Å². The predicted molar refractivity (Wildman–Crippen MR) is 101 cm³/mol. The Bertz CT molecular complexity index is 772. The number of para-hydroxylation sites is 1. The maximum atomic E-state index is 13.1. The van der Waals surface area contributed by atoms with E-state index in [2.05, 4.69) is 20.9 Å². The molecule has 2 rings (SSSR count). The number of amides is 3. The van der Waals surface area contributed by atoms with Gasteiger partial charge < -0.3 is 20.9 Å². The zero-order valence-electron chi connectivity index (χ0n) is 15.0. The Morgan fingerprint density at radius 1 is 1.00 bits per heavy atom. The van der Waals surface area contributed by atoms with E-state index in [9.17, 15) is 18.4 Å². The predicted octanol–water partition coefficient (Wildman–Crippen LogP) is 2.73. The highest BCUT2D eigenvalue weighted by Crippen LogP contribution is 2.13. The molecule has 0 unspecified atom stereocenters. The molecule has 3 N–H and O–H groups in total. The molecule has 0 aliphatic rings. The lowest BCUT2D eigenvalue weighted by Crippen LogP contribution is -2.40. The van der Waals surface area contributed by atoms with Crippen LogP contribution in [-0.2, 0) is 4.79 Å². The molecule has 2 aromatic rings. The number of nitrogens with zero attached hydrogens (tertiary/aromatic N) is 1. The Hall–Kier alpha value is -3.16. The van der Waals surface area contributed by atoms with Gasteiger partial charge in [-0.3, -0.25) is 4.79 Å². The topological polar surface area (TPSA) is 73.5 Å². The van der Waals surface area contributed by atoms with E-state index >= 15 is 0 Å². The average molecular weight is 376 g/mol. The molecule has 0 atom stereocenters. The minimum absolute atomic E-state index is 0.116. The number of rotatable bonds is 8. The Morgan fingerprint density at radius 2 is 1.74 bits per heavy atom. The number of hydrogen-bond acceptors (Lipinski definition) is 3. The maximum Gasteiger partial charge on any atom is 0.315 e. The molecule has 2 aromatic carbocycles. The van der Waals surface area contributed by atoms with Crippen LogP contribution >= 0.6 is 0 Å². The second-order valence-electron chi connectivity index (χ2n) is 5.90. The fourth-order valence-corrected chi connectivity index (χ4v) is 2.33. The molecule has 6 nitrogen and oxygen atoms in total. The first-order valence-corrected chi connectivity index (χ1v) is 8.48. The van der Waals surface area contributed by atoms with Crippen LogP contribution in [0.1, 0.15) is 6.42 Å². The van der Waals surface area contributed by atoms with E-state index in [1.165, 1.54) is 6.07 Å². The molecule has 0 fully saturated rings. The van der Waals surface area contributed by atoms with Crippen LogP contribution in [0.4, 0.5) is 25.0 Å². The van der Waals surface area contributed by atoms with Gasteiger partial charge in [-0.25, -0.2) is 13.6 Å². The number of nitrogens with one attached hydrogen (secondary N) is 3. The molecule has 0 aliphatic heterocycles. The normalized spacial score (nSPS) is 10.2. The van der Waals surface area contributed by atoms with Gasteiger partial charge in [0.2, 0.25) is 5.91 Å². The molecule has 0 saturated heterocycles. The smallest absolute Gasteiger partial charge is 0.315 e. The lowest BCUT2D eigenvalue weighted by molar-refractivity contribution is -0.115. The summed E-state index contributed by atoms with van der Waals surface area (Å²) in [5, 5.41) is 7.43. The van der Waals surface area contributed by atoms with Crippen molar-refractivity contribution in [3.8, 4) is 0 Å². The minimum Gasteiger partial charge on any atom is -0.375 e. The Labute approximate surface area is 156 Å². The highest BCUT2D eigenvalue weighted by atomic mass is 19.2. The third-order valence-electron chi connectivity index (χ3n) is 3.77. The van der Waals surface area contributed by atoms with E-state index < -0.39 is 23.6 Å². The van der Waals surface area contributed by atoms with E-state index in [0.717, 1.165) is 30.8 Å². The van der Waals surface area contributed by atoms with Crippen molar-refractivity contribution in [1.82, 2.24) is 10.6 Å². The molecule has 0 aliphatic carbocycles. The number of anilines is 2. The van der Waals surface area contributed by atoms with E-state index in [4.69, 9.17) is 0 Å². The summed E-state index contributed by atoms with van der Waals surface area (Å²) in [4.78, 5) is 25.5. The molecule has 0 saturated carbocycles. The van der Waals surface area contributed by atoms with E-state index in [1.54, 1.807) is 0 Å². The van der Waals surface area contributed by atoms with Crippen molar-refractivity contribution >= 4 is 23.3 Å². The molecule has 0 bridgehead atoms. The van der Waals surface area contributed by atoms with Gasteiger partial charge in [-0.15, -0.1) is 0 Å². The second-order valence-corrected chi connectivity index (χ2v) is 5.90. The van der Waals surface area contributed by atoms with Gasteiger partial charge in [0.05, 0.1) is 6.54 Å². The first kappa shape index (κ1) is 20.2. The largest absolute Gasteiger partial charge is 0.375 e. The fraction of sp³-hybridized carbons (Fsp3) is 0.263. The van der Waals surface area contributed by atoms with Crippen LogP contribution in [0.15, 0.2) is 48.5 Å². The number of carbonyl (C=O) groups is 2. The minimum atomic E-state index is -1.06. The standard InChI is InChI=1S/C19H22F2N4O2/c1-25(15-6-3-2-4-7-15)11-5-10-22-19(27)23-13-18(26)24-14-8-9-16(20)17(21)12-14/h2-4,6-9,12H,5,10-11,13H2,1H3,(H,24,26)(H2,22,23,27). The number of benzene rings is 2. The monoisotopic (exact) mass is 376 g/mol. The van der Waals surface area contributed by atoms with Gasteiger partial charge in [0.15, 0.2) is 11.6 Å². The summed E-state index contributed by atoms with van der Waals surface area (Å²) in [5.74, 6) is -2.60. The number of urea groups is 1. The molecule has 144 valence electrons. The van der Waals surface area contributed by atoms with E-state index in [-0.39, 0.29) is 12.2 Å². The number of carbonyl (C=O) groups excluding carboxylic acids is 2. The van der Waals surface area contributed by atoms with Crippen molar-refractivity contribution in [3.05, 3.63) is 60.2 Å². The molecule has 0 spiro atoms. The van der Waals surface area contributed by atoms with Crippen LogP contribution in [0.5, 0.6) is 0 Å². The van der Waals surface area contributed by atoms with Crippen molar-refractivity contribution in [2.45, 2.75) is 6.42 Å². The summed E-state index contributed by atoms with van der Waals surface area (Å²) < 4.78 is 25.9. The number of hydrogen-bond donors (Lipinski definition) is 3. The summed E-state index contributed by atoms with van der Waals surface area (Å²) >= 11 is 0. The van der Waals surface area contributed by atoms with Crippen LogP contribution in [0.3, 0.4) is 0 Å². The summed E-state index contributed by atoms with van der Waals surface area (Å²) in [7, 11) is 1.97. The van der Waals surface area contributed by atoms with Crippen molar-refractivity contribution in [1.29, 1.82) is 0 Å². The quantitative estimate of drug-likeness (QED) is 0.621. The summed E-state index contributed by atoms with van der Waals surface area (Å²) in [6.07, 6.45) is 0.736. The van der Waals surface area contributed by atoms with Crippen molar-refractivity contribution in [2.24, 2.45) is 0 Å². The van der Waals surface area contributed by atoms with Gasteiger partial charge in [-0.2, -0.15) is 0 Å².